The number of carbonyl (C=O) groups is 1. The van der Waals surface area contributed by atoms with E-state index in [9.17, 15) is 9.90 Å². The molecule has 5 nitrogen and oxygen atoms in total. The first kappa shape index (κ1) is 16.1. The van der Waals surface area contributed by atoms with E-state index in [-0.39, 0.29) is 23.1 Å². The molecule has 0 saturated heterocycles. The van der Waals surface area contributed by atoms with Crippen LogP contribution in [-0.4, -0.2) is 35.5 Å². The Kier molecular flexibility index (Phi) is 4.49. The molecule has 1 aliphatic rings. The smallest absolute Gasteiger partial charge is 0.282 e. The number of hydroxylamine groups is 2. The molecule has 2 rings (SSSR count). The average molecular weight is 332 g/mol. The van der Waals surface area contributed by atoms with Crippen LogP contribution in [0.1, 0.15) is 19.4 Å². The van der Waals surface area contributed by atoms with Crippen molar-refractivity contribution in [3.8, 4) is 0 Å². The summed E-state index contributed by atoms with van der Waals surface area (Å²) in [5.41, 5.74) is -0.522. The summed E-state index contributed by atoms with van der Waals surface area (Å²) in [6.07, 6.45) is 0. The molecule has 1 N–H and O–H groups in total. The summed E-state index contributed by atoms with van der Waals surface area (Å²) in [5.74, 6) is -0.605. The van der Waals surface area contributed by atoms with Crippen LogP contribution < -0.4 is 0 Å². The lowest BCUT2D eigenvalue weighted by Crippen LogP contribution is -2.43. The van der Waals surface area contributed by atoms with Gasteiger partial charge in [0, 0.05) is 17.7 Å². The largest absolute Gasteiger partial charge is 0.509 e. The van der Waals surface area contributed by atoms with Gasteiger partial charge in [0.15, 0.2) is 6.79 Å². The lowest BCUT2D eigenvalue weighted by molar-refractivity contribution is -0.238. The van der Waals surface area contributed by atoms with Gasteiger partial charge in [0.1, 0.15) is 11.3 Å². The summed E-state index contributed by atoms with van der Waals surface area (Å²) in [4.78, 5) is 17.8. The quantitative estimate of drug-likeness (QED) is 0.859. The van der Waals surface area contributed by atoms with E-state index in [0.717, 1.165) is 5.06 Å². The molecule has 21 heavy (non-hydrogen) atoms. The minimum atomic E-state index is -1.02. The highest BCUT2D eigenvalue weighted by atomic mass is 35.5. The van der Waals surface area contributed by atoms with Crippen LogP contribution in [0.5, 0.6) is 0 Å². The van der Waals surface area contributed by atoms with Crippen LogP contribution in [0, 0.1) is 0 Å². The molecule has 114 valence electrons. The second-order valence-corrected chi connectivity index (χ2v) is 5.89. The topological polar surface area (TPSA) is 59.0 Å². The maximum absolute atomic E-state index is 12.5. The molecule has 0 atom stereocenters. The summed E-state index contributed by atoms with van der Waals surface area (Å²) < 4.78 is 4.80. The van der Waals surface area contributed by atoms with Gasteiger partial charge in [-0.25, -0.2) is 9.90 Å². The van der Waals surface area contributed by atoms with Crippen LogP contribution in [0.15, 0.2) is 24.0 Å². The van der Waals surface area contributed by atoms with Crippen molar-refractivity contribution in [2.45, 2.75) is 19.4 Å². The van der Waals surface area contributed by atoms with E-state index < -0.39 is 11.4 Å². The van der Waals surface area contributed by atoms with Gasteiger partial charge >= 0.3 is 0 Å². The highest BCUT2D eigenvalue weighted by molar-refractivity contribution is 6.37. The third-order valence-corrected chi connectivity index (χ3v) is 3.77. The van der Waals surface area contributed by atoms with Crippen LogP contribution in [0.25, 0.3) is 5.57 Å². The Morgan fingerprint density at radius 1 is 1.33 bits per heavy atom. The van der Waals surface area contributed by atoms with Crippen LogP contribution >= 0.6 is 23.2 Å². The number of aliphatic hydroxyl groups is 1. The summed E-state index contributed by atoms with van der Waals surface area (Å²) in [6, 6.07) is 4.70. The molecular weight excluding hydrogens is 317 g/mol. The van der Waals surface area contributed by atoms with Crippen molar-refractivity contribution in [2.75, 3.05) is 13.9 Å². The molecular formula is C14H15Cl2NO4. The molecule has 1 aromatic rings. The van der Waals surface area contributed by atoms with Crippen LogP contribution in [0.2, 0.25) is 10.0 Å². The molecule has 0 spiro atoms. The van der Waals surface area contributed by atoms with E-state index in [1.165, 1.54) is 13.2 Å². The standard InChI is InChI=1S/C14H15Cl2NO4/c1-14(2)12(18)11(13(19)17(14)21-7-20-3)9-5-4-8(15)6-10(9)16/h4-6,18H,7H2,1-3H3. The zero-order chi connectivity index (χ0) is 15.8. The van der Waals surface area contributed by atoms with Gasteiger partial charge in [-0.2, -0.15) is 0 Å². The third kappa shape index (κ3) is 2.74. The molecule has 0 aliphatic carbocycles. The number of methoxy groups -OCH3 is 1. The average Bonchev–Trinajstić information content (AvgIpc) is 2.56. The Morgan fingerprint density at radius 3 is 2.57 bits per heavy atom. The van der Waals surface area contributed by atoms with Gasteiger partial charge < -0.3 is 9.84 Å². The van der Waals surface area contributed by atoms with Gasteiger partial charge in [0.2, 0.25) is 0 Å². The number of amides is 1. The number of ether oxygens (including phenoxy) is 1. The first-order valence-corrected chi connectivity index (χ1v) is 6.92. The minimum absolute atomic E-state index is 0.0952. The fraction of sp³-hybridized carbons (Fsp3) is 0.357. The second-order valence-electron chi connectivity index (χ2n) is 5.04. The SMILES string of the molecule is COCON1C(=O)C(c2ccc(Cl)cc2Cl)=C(O)C1(C)C. The fourth-order valence-electron chi connectivity index (χ4n) is 2.12. The molecule has 1 amide bonds. The first-order valence-electron chi connectivity index (χ1n) is 6.16. The highest BCUT2D eigenvalue weighted by Gasteiger charge is 2.48. The monoisotopic (exact) mass is 331 g/mol. The lowest BCUT2D eigenvalue weighted by Gasteiger charge is -2.30. The normalized spacial score (nSPS) is 17.8. The number of carbonyl (C=O) groups excluding carboxylic acids is 1. The lowest BCUT2D eigenvalue weighted by atomic mass is 9.99. The van der Waals surface area contributed by atoms with Crippen molar-refractivity contribution >= 4 is 34.7 Å². The highest BCUT2D eigenvalue weighted by Crippen LogP contribution is 2.41. The maximum atomic E-state index is 12.5. The van der Waals surface area contributed by atoms with Crippen molar-refractivity contribution < 1.29 is 19.5 Å². The number of aliphatic hydroxyl groups excluding tert-OH is 1. The summed E-state index contributed by atoms with van der Waals surface area (Å²) in [6.45, 7) is 3.21. The Bertz CT molecular complexity index is 613. The number of benzene rings is 1. The van der Waals surface area contributed by atoms with Gasteiger partial charge in [-0.15, -0.1) is 0 Å². The molecule has 0 saturated carbocycles. The van der Waals surface area contributed by atoms with Gasteiger partial charge in [-0.05, 0) is 26.0 Å². The molecule has 0 radical (unpaired) electrons. The number of hydrogen-bond acceptors (Lipinski definition) is 4. The van der Waals surface area contributed by atoms with Gasteiger partial charge in [0.05, 0.1) is 10.6 Å². The van der Waals surface area contributed by atoms with Crippen LogP contribution in [0.4, 0.5) is 0 Å². The molecule has 1 aliphatic heterocycles. The number of hydrogen-bond donors (Lipinski definition) is 1. The van der Waals surface area contributed by atoms with Gasteiger partial charge in [-0.3, -0.25) is 4.79 Å². The molecule has 0 unspecified atom stereocenters. The zero-order valence-electron chi connectivity index (χ0n) is 11.8. The van der Waals surface area contributed by atoms with Crippen molar-refractivity contribution in [3.63, 3.8) is 0 Å². The van der Waals surface area contributed by atoms with Crippen molar-refractivity contribution in [1.29, 1.82) is 0 Å². The van der Waals surface area contributed by atoms with E-state index in [0.29, 0.717) is 10.6 Å². The molecule has 1 heterocycles. The van der Waals surface area contributed by atoms with E-state index in [2.05, 4.69) is 0 Å². The van der Waals surface area contributed by atoms with Crippen molar-refractivity contribution in [2.24, 2.45) is 0 Å². The molecule has 0 aromatic heterocycles. The Morgan fingerprint density at radius 2 is 2.00 bits per heavy atom. The maximum Gasteiger partial charge on any atom is 0.282 e. The van der Waals surface area contributed by atoms with Crippen molar-refractivity contribution in [1.82, 2.24) is 5.06 Å². The predicted octanol–water partition coefficient (Wildman–Crippen LogP) is 3.42. The summed E-state index contributed by atoms with van der Waals surface area (Å²) in [7, 11) is 1.44. The van der Waals surface area contributed by atoms with Crippen molar-refractivity contribution in [3.05, 3.63) is 39.6 Å². The van der Waals surface area contributed by atoms with E-state index in [1.807, 2.05) is 0 Å². The van der Waals surface area contributed by atoms with Crippen LogP contribution in [-0.2, 0) is 14.4 Å². The van der Waals surface area contributed by atoms with E-state index in [1.54, 1.807) is 26.0 Å². The summed E-state index contributed by atoms with van der Waals surface area (Å²) in [5, 5.41) is 12.2. The summed E-state index contributed by atoms with van der Waals surface area (Å²) >= 11 is 12.0. The molecule has 0 fully saturated rings. The van der Waals surface area contributed by atoms with Gasteiger partial charge in [0.25, 0.3) is 5.91 Å². The van der Waals surface area contributed by atoms with E-state index >= 15 is 0 Å². The number of halogens is 2. The zero-order valence-corrected chi connectivity index (χ0v) is 13.3. The molecule has 1 aromatic carbocycles. The Hall–Kier alpha value is -1.27. The van der Waals surface area contributed by atoms with Gasteiger partial charge in [-0.1, -0.05) is 29.3 Å². The number of nitrogens with zero attached hydrogens (tertiary/aromatic N) is 1. The number of rotatable bonds is 4. The van der Waals surface area contributed by atoms with Crippen LogP contribution in [0.3, 0.4) is 0 Å². The Labute approximate surface area is 132 Å². The Balaban J connectivity index is 2.48. The fourth-order valence-corrected chi connectivity index (χ4v) is 2.62. The minimum Gasteiger partial charge on any atom is -0.509 e. The predicted molar refractivity (Wildman–Crippen MR) is 79.9 cm³/mol. The third-order valence-electron chi connectivity index (χ3n) is 3.22. The molecule has 7 heteroatoms. The molecule has 0 bridgehead atoms. The first-order chi connectivity index (χ1) is 9.80. The second kappa shape index (κ2) is 5.85. The van der Waals surface area contributed by atoms with E-state index in [4.69, 9.17) is 32.8 Å².